The number of aromatic hydroxyl groups is 1. The molecular formula is C26H30N2O2. The number of amides is 1. The van der Waals surface area contributed by atoms with Crippen molar-refractivity contribution in [2.45, 2.75) is 56.0 Å². The van der Waals surface area contributed by atoms with Crippen molar-refractivity contribution in [3.05, 3.63) is 65.2 Å². The summed E-state index contributed by atoms with van der Waals surface area (Å²) < 4.78 is 0. The lowest BCUT2D eigenvalue weighted by molar-refractivity contribution is -0.0492. The molecule has 3 fully saturated rings. The normalized spacial score (nSPS) is 36.0. The number of carbonyl (C=O) groups is 1. The third kappa shape index (κ3) is 2.18. The minimum atomic E-state index is 0.0728. The lowest BCUT2D eigenvalue weighted by Gasteiger charge is -2.64. The van der Waals surface area contributed by atoms with Gasteiger partial charge in [0, 0.05) is 30.1 Å². The second-order valence-electron chi connectivity index (χ2n) is 9.96. The Morgan fingerprint density at radius 3 is 2.73 bits per heavy atom. The molecule has 4 bridgehead atoms. The fraction of sp³-hybridized carbons (Fsp3) is 0.500. The number of fused-ring (bicyclic) bond motifs is 1. The third-order valence-corrected chi connectivity index (χ3v) is 9.19. The van der Waals surface area contributed by atoms with Crippen molar-refractivity contribution in [2.75, 3.05) is 13.6 Å². The van der Waals surface area contributed by atoms with E-state index in [4.69, 9.17) is 0 Å². The number of piperidine rings is 1. The molecule has 6 rings (SSSR count). The van der Waals surface area contributed by atoms with Crippen LogP contribution in [0.5, 0.6) is 5.75 Å². The zero-order valence-electron chi connectivity index (χ0n) is 17.6. The van der Waals surface area contributed by atoms with Gasteiger partial charge in [-0.1, -0.05) is 24.3 Å². The summed E-state index contributed by atoms with van der Waals surface area (Å²) in [5, 5.41) is 14.3. The highest BCUT2D eigenvalue weighted by Crippen LogP contribution is 2.71. The molecule has 4 aliphatic rings. The molecule has 5 atom stereocenters. The van der Waals surface area contributed by atoms with E-state index in [0.29, 0.717) is 17.7 Å². The van der Waals surface area contributed by atoms with E-state index >= 15 is 0 Å². The van der Waals surface area contributed by atoms with Gasteiger partial charge in [0.1, 0.15) is 5.75 Å². The Morgan fingerprint density at radius 2 is 1.90 bits per heavy atom. The van der Waals surface area contributed by atoms with Crippen LogP contribution in [0.25, 0.3) is 0 Å². The standard InChI is InChI=1S/C26H30N2O2/c1-28(24(30)17-5-3-2-4-6-17)22-10-12-25-11-9-20(22)26(25)13-14-27-23(25)15-18-7-8-19(29)16-21(18)26/h2-8,16,20,22-23,27,29H,9-15H2,1H3. The van der Waals surface area contributed by atoms with Crippen LogP contribution >= 0.6 is 0 Å². The molecule has 0 spiro atoms. The first kappa shape index (κ1) is 18.4. The second-order valence-corrected chi connectivity index (χ2v) is 9.96. The molecule has 4 nitrogen and oxygen atoms in total. The van der Waals surface area contributed by atoms with Gasteiger partial charge in [-0.25, -0.2) is 0 Å². The van der Waals surface area contributed by atoms with E-state index in [2.05, 4.69) is 17.4 Å². The highest BCUT2D eigenvalue weighted by atomic mass is 16.3. The molecule has 0 aromatic heterocycles. The van der Waals surface area contributed by atoms with Crippen LogP contribution in [-0.2, 0) is 11.8 Å². The van der Waals surface area contributed by atoms with Crippen molar-refractivity contribution >= 4 is 5.91 Å². The highest BCUT2D eigenvalue weighted by Gasteiger charge is 2.70. The van der Waals surface area contributed by atoms with Crippen LogP contribution in [0.3, 0.4) is 0 Å². The summed E-state index contributed by atoms with van der Waals surface area (Å²) in [4.78, 5) is 15.4. The Bertz CT molecular complexity index is 1010. The van der Waals surface area contributed by atoms with Gasteiger partial charge < -0.3 is 15.3 Å². The van der Waals surface area contributed by atoms with Crippen LogP contribution in [-0.4, -0.2) is 41.6 Å². The summed E-state index contributed by atoms with van der Waals surface area (Å²) in [5.74, 6) is 0.966. The van der Waals surface area contributed by atoms with Gasteiger partial charge in [0.25, 0.3) is 5.91 Å². The van der Waals surface area contributed by atoms with Crippen LogP contribution in [0, 0.1) is 11.3 Å². The van der Waals surface area contributed by atoms with Crippen LogP contribution in [0.2, 0.25) is 0 Å². The lowest BCUT2D eigenvalue weighted by Crippen LogP contribution is -2.69. The van der Waals surface area contributed by atoms with Crippen molar-refractivity contribution in [1.29, 1.82) is 0 Å². The van der Waals surface area contributed by atoms with Crippen LogP contribution in [0.15, 0.2) is 48.5 Å². The van der Waals surface area contributed by atoms with Crippen molar-refractivity contribution in [3.63, 3.8) is 0 Å². The first-order chi connectivity index (χ1) is 14.6. The average molecular weight is 403 g/mol. The molecule has 1 heterocycles. The predicted molar refractivity (Wildman–Crippen MR) is 117 cm³/mol. The summed E-state index contributed by atoms with van der Waals surface area (Å²) in [5.41, 5.74) is 3.89. The van der Waals surface area contributed by atoms with Gasteiger partial charge >= 0.3 is 0 Å². The van der Waals surface area contributed by atoms with E-state index in [1.165, 1.54) is 24.0 Å². The molecular weight excluding hydrogens is 372 g/mol. The van der Waals surface area contributed by atoms with E-state index in [-0.39, 0.29) is 22.8 Å². The summed E-state index contributed by atoms with van der Waals surface area (Å²) in [6, 6.07) is 16.5. The fourth-order valence-corrected chi connectivity index (χ4v) is 8.11. The number of phenols is 1. The molecule has 2 aromatic rings. The molecule has 2 saturated carbocycles. The topological polar surface area (TPSA) is 52.6 Å². The average Bonchev–Trinajstić information content (AvgIpc) is 3.00. The molecule has 1 amide bonds. The zero-order chi connectivity index (χ0) is 20.5. The molecule has 4 heteroatoms. The number of rotatable bonds is 2. The van der Waals surface area contributed by atoms with E-state index in [0.717, 1.165) is 37.8 Å². The van der Waals surface area contributed by atoms with E-state index in [9.17, 15) is 9.90 Å². The highest BCUT2D eigenvalue weighted by molar-refractivity contribution is 5.94. The van der Waals surface area contributed by atoms with Crippen molar-refractivity contribution in [2.24, 2.45) is 11.3 Å². The number of hydrogen-bond donors (Lipinski definition) is 2. The minimum absolute atomic E-state index is 0.0728. The number of phenolic OH excluding ortho intramolecular Hbond substituents is 1. The molecule has 0 radical (unpaired) electrons. The number of hydrogen-bond acceptors (Lipinski definition) is 3. The Morgan fingerprint density at radius 1 is 1.10 bits per heavy atom. The molecule has 2 N–H and O–H groups in total. The van der Waals surface area contributed by atoms with Crippen LogP contribution in [0.1, 0.15) is 53.6 Å². The molecule has 30 heavy (non-hydrogen) atoms. The molecule has 1 saturated heterocycles. The number of nitrogens with one attached hydrogen (secondary N) is 1. The summed E-state index contributed by atoms with van der Waals surface area (Å²) >= 11 is 0. The predicted octanol–water partition coefficient (Wildman–Crippen LogP) is 3.88. The number of carbonyl (C=O) groups excluding carboxylic acids is 1. The van der Waals surface area contributed by atoms with Gasteiger partial charge in [-0.05, 0) is 91.8 Å². The van der Waals surface area contributed by atoms with Crippen LogP contribution < -0.4 is 5.32 Å². The summed E-state index contributed by atoms with van der Waals surface area (Å²) in [6.07, 6.45) is 6.81. The van der Waals surface area contributed by atoms with Gasteiger partial charge in [0.2, 0.25) is 0 Å². The van der Waals surface area contributed by atoms with Gasteiger partial charge in [-0.15, -0.1) is 0 Å². The second kappa shape index (κ2) is 6.34. The first-order valence-electron chi connectivity index (χ1n) is 11.4. The van der Waals surface area contributed by atoms with E-state index < -0.39 is 0 Å². The minimum Gasteiger partial charge on any atom is -0.508 e. The third-order valence-electron chi connectivity index (χ3n) is 9.19. The summed E-state index contributed by atoms with van der Waals surface area (Å²) in [6.45, 7) is 1.03. The maximum absolute atomic E-state index is 13.3. The van der Waals surface area contributed by atoms with Crippen LogP contribution in [0.4, 0.5) is 0 Å². The Balaban J connectivity index is 1.45. The lowest BCUT2D eigenvalue weighted by atomic mass is 9.44. The number of nitrogens with zero attached hydrogens (tertiary/aromatic N) is 1. The molecule has 1 aliphatic heterocycles. The van der Waals surface area contributed by atoms with Crippen molar-refractivity contribution in [1.82, 2.24) is 10.2 Å². The molecule has 2 aromatic carbocycles. The van der Waals surface area contributed by atoms with E-state index in [1.807, 2.05) is 48.3 Å². The largest absolute Gasteiger partial charge is 0.508 e. The maximum Gasteiger partial charge on any atom is 0.253 e. The Labute approximate surface area is 178 Å². The van der Waals surface area contributed by atoms with Gasteiger partial charge in [0.05, 0.1) is 0 Å². The van der Waals surface area contributed by atoms with Crippen molar-refractivity contribution in [3.8, 4) is 5.75 Å². The quantitative estimate of drug-likeness (QED) is 0.802. The molecule has 5 unspecified atom stereocenters. The molecule has 156 valence electrons. The smallest absolute Gasteiger partial charge is 0.253 e. The monoisotopic (exact) mass is 402 g/mol. The Hall–Kier alpha value is -2.33. The van der Waals surface area contributed by atoms with E-state index in [1.54, 1.807) is 0 Å². The fourth-order valence-electron chi connectivity index (χ4n) is 8.11. The Kier molecular flexibility index (Phi) is 3.89. The molecule has 3 aliphatic carbocycles. The van der Waals surface area contributed by atoms with Gasteiger partial charge in [0.15, 0.2) is 0 Å². The maximum atomic E-state index is 13.3. The number of benzene rings is 2. The van der Waals surface area contributed by atoms with Gasteiger partial charge in [-0.3, -0.25) is 4.79 Å². The SMILES string of the molecule is CN(C(=O)c1ccccc1)C1CCC23CCC1C21CCNC3Cc2ccc(O)cc21. The van der Waals surface area contributed by atoms with Gasteiger partial charge in [-0.2, -0.15) is 0 Å². The summed E-state index contributed by atoms with van der Waals surface area (Å²) in [7, 11) is 2.01. The van der Waals surface area contributed by atoms with Crippen molar-refractivity contribution < 1.29 is 9.90 Å². The zero-order valence-corrected chi connectivity index (χ0v) is 17.6. The first-order valence-corrected chi connectivity index (χ1v) is 11.4.